The van der Waals surface area contributed by atoms with Crippen LogP contribution in [0.15, 0.2) is 24.3 Å². The van der Waals surface area contributed by atoms with E-state index in [4.69, 9.17) is 16.3 Å². The first-order chi connectivity index (χ1) is 15.9. The second-order valence-corrected chi connectivity index (χ2v) is 8.99. The first-order valence-electron chi connectivity index (χ1n) is 11.8. The number of piperidine rings is 1. The van der Waals surface area contributed by atoms with Crippen LogP contribution in [-0.4, -0.2) is 97.0 Å². The highest BCUT2D eigenvalue weighted by atomic mass is 35.5. The molecule has 33 heavy (non-hydrogen) atoms. The van der Waals surface area contributed by atoms with Gasteiger partial charge in [0, 0.05) is 63.3 Å². The van der Waals surface area contributed by atoms with E-state index in [1.165, 1.54) is 7.11 Å². The van der Waals surface area contributed by atoms with Crippen molar-refractivity contribution in [2.75, 3.05) is 59.5 Å². The van der Waals surface area contributed by atoms with Crippen molar-refractivity contribution < 1.29 is 19.1 Å². The Hall–Kier alpha value is -2.32. The zero-order valence-corrected chi connectivity index (χ0v) is 20.6. The van der Waals surface area contributed by atoms with E-state index in [-0.39, 0.29) is 23.8 Å². The highest BCUT2D eigenvalue weighted by molar-refractivity contribution is 6.30. The van der Waals surface area contributed by atoms with E-state index in [0.717, 1.165) is 5.56 Å². The van der Waals surface area contributed by atoms with Crippen LogP contribution in [0.5, 0.6) is 0 Å². The number of nitrogens with zero attached hydrogens (tertiary/aromatic N) is 4. The Bertz CT molecular complexity index is 814. The summed E-state index contributed by atoms with van der Waals surface area (Å²) in [5.41, 5.74) is 0.830. The molecule has 0 bridgehead atoms. The maximum atomic E-state index is 13.1. The van der Waals surface area contributed by atoms with Crippen LogP contribution in [0.4, 0.5) is 4.79 Å². The minimum Gasteiger partial charge on any atom is -0.468 e. The van der Waals surface area contributed by atoms with Crippen LogP contribution in [0, 0.1) is 5.92 Å². The molecule has 2 aliphatic rings. The van der Waals surface area contributed by atoms with Gasteiger partial charge in [0.05, 0.1) is 7.11 Å². The fraction of sp³-hybridized carbons (Fsp3) is 0.625. The molecular formula is C24H35ClN4O4. The summed E-state index contributed by atoms with van der Waals surface area (Å²) in [7, 11) is 1.39. The Balaban J connectivity index is 1.55. The van der Waals surface area contributed by atoms with Crippen LogP contribution >= 0.6 is 11.6 Å². The third-order valence-electron chi connectivity index (χ3n) is 6.75. The van der Waals surface area contributed by atoms with Crippen LogP contribution in [0.25, 0.3) is 0 Å². The monoisotopic (exact) mass is 478 g/mol. The van der Waals surface area contributed by atoms with Gasteiger partial charge in [-0.25, -0.2) is 9.59 Å². The molecule has 0 saturated carbocycles. The van der Waals surface area contributed by atoms with Crippen LogP contribution in [0.1, 0.15) is 38.3 Å². The number of amides is 3. The van der Waals surface area contributed by atoms with Crippen molar-refractivity contribution in [3.63, 3.8) is 0 Å². The standard InChI is InChI=1S/C24H35ClN4O4/c1-4-26(5-2)24(32)29-12-10-19(11-13-29)22(30)28-16-14-27(15-17-28)21(23(31)33-3)18-6-8-20(25)9-7-18/h6-9,19,21H,4-5,10-17H2,1-3H3. The maximum Gasteiger partial charge on any atom is 0.327 e. The highest BCUT2D eigenvalue weighted by Gasteiger charge is 2.35. The molecule has 0 aromatic heterocycles. The average molecular weight is 479 g/mol. The summed E-state index contributed by atoms with van der Waals surface area (Å²) in [6.45, 7) is 8.91. The lowest BCUT2D eigenvalue weighted by Crippen LogP contribution is -2.54. The lowest BCUT2D eigenvalue weighted by atomic mass is 9.95. The van der Waals surface area contributed by atoms with Crippen LogP contribution in [0.2, 0.25) is 5.02 Å². The van der Waals surface area contributed by atoms with Crippen LogP contribution in [0.3, 0.4) is 0 Å². The minimum absolute atomic E-state index is 0.0510. The lowest BCUT2D eigenvalue weighted by Gasteiger charge is -2.41. The molecule has 2 saturated heterocycles. The van der Waals surface area contributed by atoms with Crippen molar-refractivity contribution in [3.05, 3.63) is 34.9 Å². The Kier molecular flexibility index (Phi) is 8.97. The van der Waals surface area contributed by atoms with Gasteiger partial charge in [0.15, 0.2) is 0 Å². The van der Waals surface area contributed by atoms with Crippen LogP contribution < -0.4 is 0 Å². The molecule has 8 nitrogen and oxygen atoms in total. The topological polar surface area (TPSA) is 73.4 Å². The molecule has 0 N–H and O–H groups in total. The Labute approximate surface area is 201 Å². The van der Waals surface area contributed by atoms with E-state index < -0.39 is 6.04 Å². The number of esters is 1. The van der Waals surface area contributed by atoms with Crippen LogP contribution in [-0.2, 0) is 14.3 Å². The SMILES string of the molecule is CCN(CC)C(=O)N1CCC(C(=O)N2CCN(C(C(=O)OC)c3ccc(Cl)cc3)CC2)CC1. The summed E-state index contributed by atoms with van der Waals surface area (Å²) in [6, 6.07) is 6.77. The number of carbonyl (C=O) groups excluding carboxylic acids is 3. The number of likely N-dealkylation sites (tertiary alicyclic amines) is 1. The summed E-state index contributed by atoms with van der Waals surface area (Å²) in [5.74, 6) is -0.210. The summed E-state index contributed by atoms with van der Waals surface area (Å²) in [6.07, 6.45) is 1.39. The molecule has 0 radical (unpaired) electrons. The van der Waals surface area contributed by atoms with E-state index in [1.807, 2.05) is 40.7 Å². The molecule has 0 aliphatic carbocycles. The molecule has 2 heterocycles. The van der Waals surface area contributed by atoms with Gasteiger partial charge in [-0.1, -0.05) is 23.7 Å². The third-order valence-corrected chi connectivity index (χ3v) is 7.00. The van der Waals surface area contributed by atoms with Crippen molar-refractivity contribution in [1.82, 2.24) is 19.6 Å². The van der Waals surface area contributed by atoms with Gasteiger partial charge in [0.25, 0.3) is 0 Å². The molecular weight excluding hydrogens is 444 g/mol. The zero-order chi connectivity index (χ0) is 24.0. The number of benzene rings is 1. The highest BCUT2D eigenvalue weighted by Crippen LogP contribution is 2.27. The minimum atomic E-state index is -0.515. The Morgan fingerprint density at radius 3 is 2.06 bits per heavy atom. The van der Waals surface area contributed by atoms with Crippen molar-refractivity contribution in [1.29, 1.82) is 0 Å². The first kappa shape index (κ1) is 25.3. The van der Waals surface area contributed by atoms with Gasteiger partial charge in [0.1, 0.15) is 6.04 Å². The van der Waals surface area contributed by atoms with Gasteiger partial charge < -0.3 is 19.4 Å². The number of ether oxygens (including phenoxy) is 1. The van der Waals surface area contributed by atoms with Crippen molar-refractivity contribution in [2.45, 2.75) is 32.7 Å². The number of urea groups is 1. The molecule has 1 aromatic rings. The number of piperazine rings is 1. The van der Waals surface area contributed by atoms with Gasteiger partial charge >= 0.3 is 12.0 Å². The average Bonchev–Trinajstić information content (AvgIpc) is 2.86. The number of halogens is 1. The number of rotatable bonds is 6. The Morgan fingerprint density at radius 2 is 1.55 bits per heavy atom. The number of hydrogen-bond donors (Lipinski definition) is 0. The molecule has 182 valence electrons. The molecule has 3 rings (SSSR count). The molecule has 1 unspecified atom stereocenters. The fourth-order valence-corrected chi connectivity index (χ4v) is 4.85. The number of methoxy groups -OCH3 is 1. The molecule has 2 aliphatic heterocycles. The van der Waals surface area contributed by atoms with Gasteiger partial charge in [-0.2, -0.15) is 0 Å². The fourth-order valence-electron chi connectivity index (χ4n) is 4.72. The van der Waals surface area contributed by atoms with Gasteiger partial charge in [-0.3, -0.25) is 9.69 Å². The van der Waals surface area contributed by atoms with Crippen molar-refractivity contribution in [3.8, 4) is 0 Å². The van der Waals surface area contributed by atoms with E-state index in [0.29, 0.717) is 70.2 Å². The normalized spacial score (nSPS) is 18.7. The predicted molar refractivity (Wildman–Crippen MR) is 127 cm³/mol. The molecule has 2 fully saturated rings. The van der Waals surface area contributed by atoms with Gasteiger partial charge in [-0.05, 0) is 44.4 Å². The van der Waals surface area contributed by atoms with E-state index in [9.17, 15) is 14.4 Å². The molecule has 1 aromatic carbocycles. The predicted octanol–water partition coefficient (Wildman–Crippen LogP) is 2.87. The second kappa shape index (κ2) is 11.7. The molecule has 0 spiro atoms. The molecule has 1 atom stereocenters. The van der Waals surface area contributed by atoms with Gasteiger partial charge in [0.2, 0.25) is 5.91 Å². The van der Waals surface area contributed by atoms with Gasteiger partial charge in [-0.15, -0.1) is 0 Å². The number of carbonyl (C=O) groups is 3. The quantitative estimate of drug-likeness (QED) is 0.588. The molecule has 3 amide bonds. The smallest absolute Gasteiger partial charge is 0.327 e. The summed E-state index contributed by atoms with van der Waals surface area (Å²) in [4.78, 5) is 45.9. The van der Waals surface area contributed by atoms with E-state index in [2.05, 4.69) is 4.90 Å². The van der Waals surface area contributed by atoms with E-state index in [1.54, 1.807) is 12.1 Å². The Morgan fingerprint density at radius 1 is 0.970 bits per heavy atom. The molecule has 9 heteroatoms. The van der Waals surface area contributed by atoms with E-state index >= 15 is 0 Å². The maximum absolute atomic E-state index is 13.1. The summed E-state index contributed by atoms with van der Waals surface area (Å²) >= 11 is 6.00. The van der Waals surface area contributed by atoms with Crippen molar-refractivity contribution >= 4 is 29.5 Å². The zero-order valence-electron chi connectivity index (χ0n) is 19.8. The second-order valence-electron chi connectivity index (χ2n) is 8.55. The van der Waals surface area contributed by atoms with Crippen molar-refractivity contribution in [2.24, 2.45) is 5.92 Å². The summed E-state index contributed by atoms with van der Waals surface area (Å²) < 4.78 is 5.05. The lowest BCUT2D eigenvalue weighted by molar-refractivity contribution is -0.149. The first-order valence-corrected chi connectivity index (χ1v) is 12.2. The third kappa shape index (κ3) is 5.98. The summed E-state index contributed by atoms with van der Waals surface area (Å²) in [5, 5.41) is 0.614. The largest absolute Gasteiger partial charge is 0.468 e. The number of hydrogen-bond acceptors (Lipinski definition) is 5.